The molecule has 2 aromatic carbocycles. The minimum atomic E-state index is -0.128. The van der Waals surface area contributed by atoms with Gasteiger partial charge < -0.3 is 5.11 Å². The number of aryl methyl sites for hydroxylation is 3. The summed E-state index contributed by atoms with van der Waals surface area (Å²) < 4.78 is 0. The predicted molar refractivity (Wildman–Crippen MR) is 81.5 cm³/mol. The Kier molecular flexibility index (Phi) is 3.73. The second-order valence-corrected chi connectivity index (χ2v) is 5.47. The Hall–Kier alpha value is -1.66. The lowest BCUT2D eigenvalue weighted by Crippen LogP contribution is -2.09. The number of hydrogen-bond acceptors (Lipinski definition) is 2. The highest BCUT2D eigenvalue weighted by Gasteiger charge is 2.18. The van der Waals surface area contributed by atoms with Crippen molar-refractivity contribution in [1.29, 1.82) is 0 Å². The summed E-state index contributed by atoms with van der Waals surface area (Å²) in [4.78, 5) is 12.6. The standard InChI is InChI=1S/C16H17O2P/c1-9-7-10(2)14(11(3)8-9)16(18)12-5-4-6-13(19)15(12)17/h4-8,17H,19H2,1-3H3. The third kappa shape index (κ3) is 2.54. The van der Waals surface area contributed by atoms with Crippen LogP contribution in [-0.4, -0.2) is 10.9 Å². The first kappa shape index (κ1) is 13.8. The van der Waals surface area contributed by atoms with Crippen LogP contribution in [-0.2, 0) is 0 Å². The van der Waals surface area contributed by atoms with Crippen LogP contribution in [0.1, 0.15) is 32.6 Å². The van der Waals surface area contributed by atoms with Gasteiger partial charge in [-0.1, -0.05) is 29.8 Å². The maximum absolute atomic E-state index is 12.6. The van der Waals surface area contributed by atoms with Gasteiger partial charge in [-0.05, 0) is 38.0 Å². The van der Waals surface area contributed by atoms with Gasteiger partial charge in [-0.3, -0.25) is 4.79 Å². The van der Waals surface area contributed by atoms with Gasteiger partial charge in [0.25, 0.3) is 0 Å². The van der Waals surface area contributed by atoms with Crippen LogP contribution in [0.15, 0.2) is 30.3 Å². The maximum atomic E-state index is 12.6. The fourth-order valence-electron chi connectivity index (χ4n) is 2.42. The smallest absolute Gasteiger partial charge is 0.197 e. The van der Waals surface area contributed by atoms with E-state index in [2.05, 4.69) is 9.24 Å². The van der Waals surface area contributed by atoms with E-state index in [1.54, 1.807) is 18.2 Å². The number of benzene rings is 2. The lowest BCUT2D eigenvalue weighted by molar-refractivity contribution is 0.103. The summed E-state index contributed by atoms with van der Waals surface area (Å²) in [6, 6.07) is 9.16. The number of para-hydroxylation sites is 1. The molecule has 1 unspecified atom stereocenters. The molecule has 0 spiro atoms. The van der Waals surface area contributed by atoms with Crippen LogP contribution in [0.4, 0.5) is 0 Å². The number of phenols is 1. The summed E-state index contributed by atoms with van der Waals surface area (Å²) in [7, 11) is 2.43. The molecule has 0 heterocycles. The topological polar surface area (TPSA) is 37.3 Å². The van der Waals surface area contributed by atoms with Crippen molar-refractivity contribution in [3.8, 4) is 5.75 Å². The Labute approximate surface area is 115 Å². The Bertz CT molecular complexity index is 637. The zero-order valence-electron chi connectivity index (χ0n) is 11.3. The monoisotopic (exact) mass is 272 g/mol. The molecule has 0 saturated carbocycles. The molecule has 0 radical (unpaired) electrons. The van der Waals surface area contributed by atoms with E-state index < -0.39 is 0 Å². The molecule has 0 aliphatic rings. The van der Waals surface area contributed by atoms with E-state index in [9.17, 15) is 9.90 Å². The van der Waals surface area contributed by atoms with Crippen molar-refractivity contribution in [1.82, 2.24) is 0 Å². The lowest BCUT2D eigenvalue weighted by atomic mass is 9.93. The molecule has 1 N–H and O–H groups in total. The van der Waals surface area contributed by atoms with E-state index >= 15 is 0 Å². The van der Waals surface area contributed by atoms with Gasteiger partial charge in [-0.15, -0.1) is 9.24 Å². The van der Waals surface area contributed by atoms with Gasteiger partial charge in [0.2, 0.25) is 0 Å². The highest BCUT2D eigenvalue weighted by molar-refractivity contribution is 7.27. The van der Waals surface area contributed by atoms with Crippen LogP contribution in [0.2, 0.25) is 0 Å². The first-order chi connectivity index (χ1) is 8.91. The van der Waals surface area contributed by atoms with Gasteiger partial charge in [0.1, 0.15) is 5.75 Å². The summed E-state index contributed by atoms with van der Waals surface area (Å²) in [5.41, 5.74) is 4.04. The number of phenolic OH excluding ortho intramolecular Hbond substituents is 1. The average Bonchev–Trinajstić information content (AvgIpc) is 2.31. The van der Waals surface area contributed by atoms with Crippen molar-refractivity contribution >= 4 is 20.3 Å². The average molecular weight is 272 g/mol. The molecule has 0 aliphatic heterocycles. The van der Waals surface area contributed by atoms with Gasteiger partial charge >= 0.3 is 0 Å². The second-order valence-electron chi connectivity index (χ2n) is 4.85. The van der Waals surface area contributed by atoms with Crippen LogP contribution >= 0.6 is 9.24 Å². The molecule has 2 nitrogen and oxygen atoms in total. The number of carbonyl (C=O) groups excluding carboxylic acids is 1. The zero-order chi connectivity index (χ0) is 14.2. The highest BCUT2D eigenvalue weighted by atomic mass is 31.0. The SMILES string of the molecule is Cc1cc(C)c(C(=O)c2cccc(P)c2O)c(C)c1. The third-order valence-electron chi connectivity index (χ3n) is 3.22. The van der Waals surface area contributed by atoms with Gasteiger partial charge in [-0.25, -0.2) is 0 Å². The fourth-order valence-corrected chi connectivity index (χ4v) is 2.68. The summed E-state index contributed by atoms with van der Waals surface area (Å²) in [5.74, 6) is -0.0892. The molecule has 0 fully saturated rings. The van der Waals surface area contributed by atoms with E-state index in [1.807, 2.05) is 32.9 Å². The van der Waals surface area contributed by atoms with E-state index in [1.165, 1.54) is 0 Å². The number of ketones is 1. The first-order valence-electron chi connectivity index (χ1n) is 6.12. The Balaban J connectivity index is 2.60. The number of carbonyl (C=O) groups is 1. The van der Waals surface area contributed by atoms with E-state index in [4.69, 9.17) is 0 Å². The molecule has 0 aromatic heterocycles. The summed E-state index contributed by atoms with van der Waals surface area (Å²) >= 11 is 0. The van der Waals surface area contributed by atoms with E-state index in [0.717, 1.165) is 16.7 Å². The fraction of sp³-hybridized carbons (Fsp3) is 0.188. The van der Waals surface area contributed by atoms with Crippen molar-refractivity contribution in [3.63, 3.8) is 0 Å². The molecule has 98 valence electrons. The Morgan fingerprint density at radius 1 is 1.11 bits per heavy atom. The molecule has 3 heteroatoms. The molecule has 19 heavy (non-hydrogen) atoms. The molecular weight excluding hydrogens is 255 g/mol. The van der Waals surface area contributed by atoms with E-state index in [0.29, 0.717) is 16.4 Å². The molecule has 1 atom stereocenters. The molecule has 2 aromatic rings. The molecule has 2 rings (SSSR count). The van der Waals surface area contributed by atoms with Crippen LogP contribution in [0.5, 0.6) is 5.75 Å². The summed E-state index contributed by atoms with van der Waals surface area (Å²) in [6.45, 7) is 5.86. The molecule has 0 aliphatic carbocycles. The Morgan fingerprint density at radius 3 is 2.26 bits per heavy atom. The Morgan fingerprint density at radius 2 is 1.68 bits per heavy atom. The lowest BCUT2D eigenvalue weighted by Gasteiger charge is -2.12. The van der Waals surface area contributed by atoms with Crippen molar-refractivity contribution < 1.29 is 9.90 Å². The predicted octanol–water partition coefficient (Wildman–Crippen LogP) is 3.05. The second kappa shape index (κ2) is 5.14. The summed E-state index contributed by atoms with van der Waals surface area (Å²) in [6.07, 6.45) is 0. The van der Waals surface area contributed by atoms with Gasteiger partial charge in [0.05, 0.1) is 5.56 Å². The van der Waals surface area contributed by atoms with E-state index in [-0.39, 0.29) is 11.5 Å². The van der Waals surface area contributed by atoms with Crippen LogP contribution < -0.4 is 5.30 Å². The van der Waals surface area contributed by atoms with Crippen LogP contribution in [0, 0.1) is 20.8 Å². The van der Waals surface area contributed by atoms with Gasteiger partial charge in [0, 0.05) is 10.9 Å². The third-order valence-corrected chi connectivity index (χ3v) is 3.68. The molecule has 0 saturated heterocycles. The van der Waals surface area contributed by atoms with Crippen LogP contribution in [0.3, 0.4) is 0 Å². The van der Waals surface area contributed by atoms with Gasteiger partial charge in [-0.2, -0.15) is 0 Å². The van der Waals surface area contributed by atoms with Crippen molar-refractivity contribution in [2.45, 2.75) is 20.8 Å². The number of hydrogen-bond donors (Lipinski definition) is 1. The largest absolute Gasteiger partial charge is 0.507 e. The van der Waals surface area contributed by atoms with Gasteiger partial charge in [0.15, 0.2) is 5.78 Å². The minimum Gasteiger partial charge on any atom is -0.507 e. The molecule has 0 bridgehead atoms. The normalized spacial score (nSPS) is 10.5. The quantitative estimate of drug-likeness (QED) is 0.674. The number of rotatable bonds is 2. The highest BCUT2D eigenvalue weighted by Crippen LogP contribution is 2.24. The van der Waals surface area contributed by atoms with Crippen molar-refractivity contribution in [2.75, 3.05) is 0 Å². The maximum Gasteiger partial charge on any atom is 0.197 e. The van der Waals surface area contributed by atoms with Crippen molar-refractivity contribution in [2.24, 2.45) is 0 Å². The number of aromatic hydroxyl groups is 1. The molecule has 0 amide bonds. The first-order valence-corrected chi connectivity index (χ1v) is 6.69. The zero-order valence-corrected chi connectivity index (χ0v) is 12.5. The van der Waals surface area contributed by atoms with Crippen LogP contribution in [0.25, 0.3) is 0 Å². The summed E-state index contributed by atoms with van der Waals surface area (Å²) in [5, 5.41) is 10.7. The van der Waals surface area contributed by atoms with Crippen molar-refractivity contribution in [3.05, 3.63) is 58.1 Å². The minimum absolute atomic E-state index is 0.0388. The molecular formula is C16H17O2P.